The van der Waals surface area contributed by atoms with Crippen LogP contribution in [0.25, 0.3) is 0 Å². The summed E-state index contributed by atoms with van der Waals surface area (Å²) in [6.07, 6.45) is 4.05. The van der Waals surface area contributed by atoms with E-state index in [0.717, 1.165) is 19.3 Å². The average Bonchev–Trinajstić information content (AvgIpc) is 3.17. The number of unbranched alkanes of at least 4 members (excludes halogenated alkanes) is 1. The van der Waals surface area contributed by atoms with E-state index in [1.165, 1.54) is 6.92 Å². The zero-order valence-corrected chi connectivity index (χ0v) is 17.9. The van der Waals surface area contributed by atoms with Crippen molar-refractivity contribution < 1.29 is 29.0 Å². The van der Waals surface area contributed by atoms with Crippen molar-refractivity contribution in [1.29, 1.82) is 0 Å². The highest BCUT2D eigenvalue weighted by molar-refractivity contribution is 6.49. The topological polar surface area (TPSA) is 93.1 Å². The Balaban J connectivity index is 2.09. The van der Waals surface area contributed by atoms with Crippen molar-refractivity contribution in [3.05, 3.63) is 22.4 Å². The quantitative estimate of drug-likeness (QED) is 0.516. The Bertz CT molecular complexity index is 782. The number of ether oxygens (including phenoxy) is 2. The van der Waals surface area contributed by atoms with E-state index in [1.807, 2.05) is 11.8 Å². The fourth-order valence-electron chi connectivity index (χ4n) is 4.22. The molecule has 0 unspecified atom stereocenters. The van der Waals surface area contributed by atoms with Gasteiger partial charge in [-0.1, -0.05) is 31.9 Å². The van der Waals surface area contributed by atoms with Crippen LogP contribution in [0.15, 0.2) is 22.4 Å². The number of carbonyl (C=O) groups is 3. The number of hydrogen-bond acceptors (Lipinski definition) is 7. The largest absolute Gasteiger partial charge is 0.442 e. The number of aliphatic hydroxyl groups is 1. The summed E-state index contributed by atoms with van der Waals surface area (Å²) in [4.78, 5) is 40.2. The van der Waals surface area contributed by atoms with Gasteiger partial charge in [0.1, 0.15) is 6.10 Å². The molecule has 0 aromatic heterocycles. The van der Waals surface area contributed by atoms with E-state index in [-0.39, 0.29) is 22.6 Å². The van der Waals surface area contributed by atoms with E-state index in [2.05, 4.69) is 0 Å². The molecule has 0 aromatic carbocycles. The van der Waals surface area contributed by atoms with Crippen LogP contribution in [0, 0.1) is 0 Å². The third-order valence-corrected chi connectivity index (χ3v) is 6.24. The van der Waals surface area contributed by atoms with E-state index >= 15 is 0 Å². The van der Waals surface area contributed by atoms with Crippen LogP contribution in [0.1, 0.15) is 59.3 Å². The maximum absolute atomic E-state index is 13.3. The molecule has 160 valence electrons. The molecule has 3 rings (SSSR count). The molecule has 1 saturated heterocycles. The molecule has 1 N–H and O–H groups in total. The van der Waals surface area contributed by atoms with Crippen LogP contribution in [0.4, 0.5) is 0 Å². The minimum atomic E-state index is -2.03. The molecule has 8 heteroatoms. The third kappa shape index (κ3) is 3.43. The minimum Gasteiger partial charge on any atom is -0.442 e. The van der Waals surface area contributed by atoms with Gasteiger partial charge in [0.05, 0.1) is 5.03 Å². The molecule has 2 aliphatic heterocycles. The number of esters is 1. The van der Waals surface area contributed by atoms with Gasteiger partial charge in [-0.15, -0.1) is 0 Å². The van der Waals surface area contributed by atoms with Crippen LogP contribution < -0.4 is 0 Å². The second-order valence-corrected chi connectivity index (χ2v) is 8.31. The lowest BCUT2D eigenvalue weighted by Crippen LogP contribution is -2.62. The fraction of sp³-hybridized carbons (Fsp3) is 0.667. The summed E-state index contributed by atoms with van der Waals surface area (Å²) < 4.78 is 11.3. The van der Waals surface area contributed by atoms with E-state index in [0.29, 0.717) is 26.0 Å². The summed E-state index contributed by atoms with van der Waals surface area (Å²) >= 11 is 6.37. The van der Waals surface area contributed by atoms with Gasteiger partial charge >= 0.3 is 5.97 Å². The number of rotatable bonds is 6. The molecule has 0 saturated carbocycles. The molecule has 1 fully saturated rings. The summed E-state index contributed by atoms with van der Waals surface area (Å²) in [7, 11) is 0. The number of nitrogens with zero attached hydrogens (tertiary/aromatic N) is 1. The monoisotopic (exact) mass is 425 g/mol. The molecule has 3 aliphatic rings. The Hall–Kier alpha value is -1.70. The van der Waals surface area contributed by atoms with Gasteiger partial charge in [0.2, 0.25) is 17.2 Å². The van der Waals surface area contributed by atoms with Crippen LogP contribution in [0.5, 0.6) is 0 Å². The summed E-state index contributed by atoms with van der Waals surface area (Å²) in [5.74, 6) is -2.12. The summed E-state index contributed by atoms with van der Waals surface area (Å²) in [6.45, 7) is 6.17. The van der Waals surface area contributed by atoms with Crippen molar-refractivity contribution in [2.45, 2.75) is 76.7 Å². The smallest absolute Gasteiger partial charge is 0.307 e. The van der Waals surface area contributed by atoms with Crippen LogP contribution >= 0.6 is 11.6 Å². The molecule has 1 aliphatic carbocycles. The van der Waals surface area contributed by atoms with Gasteiger partial charge in [0.15, 0.2) is 5.72 Å². The van der Waals surface area contributed by atoms with Crippen molar-refractivity contribution in [2.75, 3.05) is 13.2 Å². The number of carbonyl (C=O) groups excluding carboxylic acids is 3. The Kier molecular flexibility index (Phi) is 6.22. The molecular formula is C21H28ClNO6. The van der Waals surface area contributed by atoms with E-state index < -0.39 is 35.0 Å². The number of aliphatic hydroxyl groups excluding tert-OH is 1. The van der Waals surface area contributed by atoms with Crippen LogP contribution in [-0.4, -0.2) is 58.1 Å². The predicted octanol–water partition coefficient (Wildman–Crippen LogP) is 2.60. The van der Waals surface area contributed by atoms with E-state index in [4.69, 9.17) is 21.1 Å². The highest BCUT2D eigenvalue weighted by Crippen LogP contribution is 2.47. The Labute approximate surface area is 175 Å². The SMILES string of the molecule is CCCCN1C=C2C(=O)[C@](C)(OC(=O)CCC)C(=O)C(Cl)=C2[C@H](O)[C@@]12CCCO2. The molecule has 1 spiro atoms. The first-order valence-electron chi connectivity index (χ1n) is 10.2. The van der Waals surface area contributed by atoms with Crippen molar-refractivity contribution in [3.63, 3.8) is 0 Å². The van der Waals surface area contributed by atoms with Gasteiger partial charge in [0, 0.05) is 43.3 Å². The molecule has 7 nitrogen and oxygen atoms in total. The molecular weight excluding hydrogens is 398 g/mol. The molecule has 0 radical (unpaired) electrons. The summed E-state index contributed by atoms with van der Waals surface area (Å²) in [5.41, 5.74) is -2.90. The van der Waals surface area contributed by atoms with E-state index in [9.17, 15) is 19.5 Å². The zero-order chi connectivity index (χ0) is 21.4. The van der Waals surface area contributed by atoms with E-state index in [1.54, 1.807) is 13.1 Å². The molecule has 2 heterocycles. The second kappa shape index (κ2) is 8.20. The van der Waals surface area contributed by atoms with Gasteiger partial charge in [-0.25, -0.2) is 0 Å². The second-order valence-electron chi connectivity index (χ2n) is 7.93. The predicted molar refractivity (Wildman–Crippen MR) is 106 cm³/mol. The van der Waals surface area contributed by atoms with Crippen LogP contribution in [0.2, 0.25) is 0 Å². The van der Waals surface area contributed by atoms with Crippen molar-refractivity contribution in [1.82, 2.24) is 4.90 Å². The minimum absolute atomic E-state index is 0.0698. The normalized spacial score (nSPS) is 32.0. The first-order valence-corrected chi connectivity index (χ1v) is 10.6. The van der Waals surface area contributed by atoms with Gasteiger partial charge in [-0.3, -0.25) is 14.4 Å². The fourth-order valence-corrected chi connectivity index (χ4v) is 4.61. The van der Waals surface area contributed by atoms with Crippen molar-refractivity contribution in [2.24, 2.45) is 0 Å². The average molecular weight is 426 g/mol. The molecule has 0 amide bonds. The van der Waals surface area contributed by atoms with Gasteiger partial charge in [0.25, 0.3) is 0 Å². The molecule has 3 atom stereocenters. The number of ketones is 2. The van der Waals surface area contributed by atoms with Crippen molar-refractivity contribution >= 4 is 29.1 Å². The Morgan fingerprint density at radius 3 is 2.66 bits per heavy atom. The summed E-state index contributed by atoms with van der Waals surface area (Å²) in [6, 6.07) is 0. The first-order chi connectivity index (χ1) is 13.7. The molecule has 0 bridgehead atoms. The summed E-state index contributed by atoms with van der Waals surface area (Å²) in [5, 5.41) is 10.9. The standard InChI is InChI=1S/C21H28ClNO6/c1-4-6-10-23-12-13-15(18(26)21(23)9-7-11-28-21)16(22)19(27)20(3,17(13)25)29-14(24)8-5-2/h12,18,26H,4-11H2,1-3H3/t18-,20-,21-/m0/s1. The number of halogens is 1. The first kappa shape index (κ1) is 22.0. The number of fused-ring (bicyclic) bond motifs is 1. The maximum Gasteiger partial charge on any atom is 0.307 e. The van der Waals surface area contributed by atoms with Crippen LogP contribution in [-0.2, 0) is 23.9 Å². The lowest BCUT2D eigenvalue weighted by Gasteiger charge is -2.49. The Morgan fingerprint density at radius 1 is 1.34 bits per heavy atom. The zero-order valence-electron chi connectivity index (χ0n) is 17.1. The highest BCUT2D eigenvalue weighted by Gasteiger charge is 2.59. The van der Waals surface area contributed by atoms with Gasteiger partial charge < -0.3 is 19.5 Å². The van der Waals surface area contributed by atoms with Gasteiger partial charge in [-0.2, -0.15) is 0 Å². The van der Waals surface area contributed by atoms with Gasteiger partial charge in [-0.05, 0) is 26.2 Å². The third-order valence-electron chi connectivity index (χ3n) is 5.86. The number of Topliss-reactive ketones (excluding diaryl/α,β-unsaturated/α-hetero) is 2. The number of hydrogen-bond donors (Lipinski definition) is 1. The highest BCUT2D eigenvalue weighted by atomic mass is 35.5. The lowest BCUT2D eigenvalue weighted by atomic mass is 9.74. The van der Waals surface area contributed by atoms with Crippen molar-refractivity contribution in [3.8, 4) is 0 Å². The lowest BCUT2D eigenvalue weighted by molar-refractivity contribution is -0.173. The molecule has 0 aromatic rings. The van der Waals surface area contributed by atoms with Crippen LogP contribution in [0.3, 0.4) is 0 Å². The maximum atomic E-state index is 13.3. The Morgan fingerprint density at radius 2 is 2.07 bits per heavy atom. The molecule has 29 heavy (non-hydrogen) atoms.